The molecule has 2 heterocycles. The lowest BCUT2D eigenvalue weighted by Crippen LogP contribution is -2.44. The predicted octanol–water partition coefficient (Wildman–Crippen LogP) is 2.24. The fraction of sp³-hybridized carbons (Fsp3) is 0.450. The van der Waals surface area contributed by atoms with Crippen molar-refractivity contribution in [2.45, 2.75) is 32.2 Å². The number of aryl methyl sites for hydroxylation is 3. The molecule has 0 aliphatic carbocycles. The molecule has 1 aromatic carbocycles. The fourth-order valence-electron chi connectivity index (χ4n) is 3.62. The number of hydrogen-bond acceptors (Lipinski definition) is 5. The molecule has 1 N–H and O–H groups in total. The number of benzene rings is 1. The molecule has 6 nitrogen and oxygen atoms in total. The van der Waals surface area contributed by atoms with Crippen molar-refractivity contribution >= 4 is 15.8 Å². The minimum Gasteiger partial charge on any atom is -0.354 e. The molecular formula is C20H28N4O2S. The van der Waals surface area contributed by atoms with Crippen LogP contribution in [0.1, 0.15) is 22.3 Å². The van der Waals surface area contributed by atoms with Crippen LogP contribution in [-0.2, 0) is 16.6 Å². The number of hydrogen-bond donors (Lipinski definition) is 1. The van der Waals surface area contributed by atoms with E-state index in [0.29, 0.717) is 4.90 Å². The second-order valence-corrected chi connectivity index (χ2v) is 9.07. The van der Waals surface area contributed by atoms with E-state index in [0.717, 1.165) is 54.3 Å². The van der Waals surface area contributed by atoms with Crippen LogP contribution in [-0.4, -0.2) is 51.5 Å². The Morgan fingerprint density at radius 3 is 2.30 bits per heavy atom. The summed E-state index contributed by atoms with van der Waals surface area (Å²) in [4.78, 5) is 9.37. The van der Waals surface area contributed by atoms with Gasteiger partial charge in [-0.15, -0.1) is 0 Å². The first-order chi connectivity index (χ1) is 12.8. The number of likely N-dealkylation sites (N-methyl/N-ethyl adjacent to an activating group) is 1. The van der Waals surface area contributed by atoms with Crippen molar-refractivity contribution in [3.05, 3.63) is 52.7 Å². The smallest absolute Gasteiger partial charge is 0.241 e. The van der Waals surface area contributed by atoms with Gasteiger partial charge in [0.2, 0.25) is 10.0 Å². The van der Waals surface area contributed by atoms with Crippen LogP contribution >= 0.6 is 0 Å². The molecule has 0 radical (unpaired) electrons. The first kappa shape index (κ1) is 19.8. The summed E-state index contributed by atoms with van der Waals surface area (Å²) in [6, 6.07) is 7.64. The second kappa shape index (κ2) is 7.96. The Bertz CT molecular complexity index is 896. The highest BCUT2D eigenvalue weighted by Gasteiger charge is 2.20. The Hall–Kier alpha value is -1.96. The molecule has 146 valence electrons. The minimum absolute atomic E-state index is 0.248. The molecule has 0 unspecified atom stereocenters. The third-order valence-corrected chi connectivity index (χ3v) is 6.68. The SMILES string of the molecule is Cc1cc(C)c(S(=O)(=O)NCc2ccnc(N3CCN(C)CC3)c2)c(C)c1. The largest absolute Gasteiger partial charge is 0.354 e. The quantitative estimate of drug-likeness (QED) is 0.851. The molecule has 0 saturated carbocycles. The summed E-state index contributed by atoms with van der Waals surface area (Å²) in [5, 5.41) is 0. The maximum absolute atomic E-state index is 12.8. The Kier molecular flexibility index (Phi) is 5.83. The lowest BCUT2D eigenvalue weighted by Gasteiger charge is -2.33. The summed E-state index contributed by atoms with van der Waals surface area (Å²) >= 11 is 0. The van der Waals surface area contributed by atoms with E-state index in [1.165, 1.54) is 0 Å². The highest BCUT2D eigenvalue weighted by atomic mass is 32.2. The van der Waals surface area contributed by atoms with E-state index in [1.54, 1.807) is 6.20 Å². The van der Waals surface area contributed by atoms with Crippen molar-refractivity contribution in [3.63, 3.8) is 0 Å². The molecular weight excluding hydrogens is 360 g/mol. The average molecular weight is 389 g/mol. The Morgan fingerprint density at radius 2 is 1.67 bits per heavy atom. The van der Waals surface area contributed by atoms with Crippen molar-refractivity contribution in [1.82, 2.24) is 14.6 Å². The van der Waals surface area contributed by atoms with Gasteiger partial charge in [-0.1, -0.05) is 17.7 Å². The summed E-state index contributed by atoms with van der Waals surface area (Å²) in [5.41, 5.74) is 3.51. The van der Waals surface area contributed by atoms with E-state index in [2.05, 4.69) is 26.6 Å². The molecule has 2 aromatic rings. The number of rotatable bonds is 5. The molecule has 1 aliphatic rings. The predicted molar refractivity (Wildman–Crippen MR) is 109 cm³/mol. The molecule has 1 aliphatic heterocycles. The van der Waals surface area contributed by atoms with Gasteiger partial charge in [0.15, 0.2) is 0 Å². The zero-order valence-electron chi connectivity index (χ0n) is 16.5. The first-order valence-corrected chi connectivity index (χ1v) is 10.7. The van der Waals surface area contributed by atoms with Crippen LogP contribution in [0.4, 0.5) is 5.82 Å². The highest BCUT2D eigenvalue weighted by Crippen LogP contribution is 2.22. The maximum Gasteiger partial charge on any atom is 0.241 e. The molecule has 7 heteroatoms. The summed E-state index contributed by atoms with van der Waals surface area (Å²) in [7, 11) is -1.46. The topological polar surface area (TPSA) is 65.5 Å². The number of piperazine rings is 1. The zero-order chi connectivity index (χ0) is 19.6. The van der Waals surface area contributed by atoms with Crippen molar-refractivity contribution < 1.29 is 8.42 Å². The van der Waals surface area contributed by atoms with Crippen LogP contribution in [0, 0.1) is 20.8 Å². The molecule has 0 amide bonds. The van der Waals surface area contributed by atoms with E-state index in [9.17, 15) is 8.42 Å². The summed E-state index contributed by atoms with van der Waals surface area (Å²) in [6.45, 7) is 9.77. The van der Waals surface area contributed by atoms with Gasteiger partial charge in [0.25, 0.3) is 0 Å². The van der Waals surface area contributed by atoms with E-state index in [1.807, 2.05) is 45.0 Å². The summed E-state index contributed by atoms with van der Waals surface area (Å²) < 4.78 is 28.4. The van der Waals surface area contributed by atoms with Crippen molar-refractivity contribution in [2.75, 3.05) is 38.1 Å². The fourth-order valence-corrected chi connectivity index (χ4v) is 5.09. The van der Waals surface area contributed by atoms with Crippen LogP contribution in [0.15, 0.2) is 35.4 Å². The van der Waals surface area contributed by atoms with E-state index < -0.39 is 10.0 Å². The average Bonchev–Trinajstić information content (AvgIpc) is 2.60. The molecule has 0 bridgehead atoms. The minimum atomic E-state index is -3.57. The van der Waals surface area contributed by atoms with E-state index in [4.69, 9.17) is 0 Å². The van der Waals surface area contributed by atoms with Crippen LogP contribution in [0.3, 0.4) is 0 Å². The number of nitrogens with zero attached hydrogens (tertiary/aromatic N) is 3. The van der Waals surface area contributed by atoms with Crippen LogP contribution < -0.4 is 9.62 Å². The third kappa shape index (κ3) is 4.66. The first-order valence-electron chi connectivity index (χ1n) is 9.22. The van der Waals surface area contributed by atoms with Gasteiger partial charge in [-0.05, 0) is 56.6 Å². The van der Waals surface area contributed by atoms with Crippen molar-refractivity contribution in [2.24, 2.45) is 0 Å². The monoisotopic (exact) mass is 388 g/mol. The van der Waals surface area contributed by atoms with Crippen LogP contribution in [0.2, 0.25) is 0 Å². The molecule has 27 heavy (non-hydrogen) atoms. The maximum atomic E-state index is 12.8. The van der Waals surface area contributed by atoms with E-state index >= 15 is 0 Å². The number of nitrogens with one attached hydrogen (secondary N) is 1. The molecule has 1 aromatic heterocycles. The molecule has 1 fully saturated rings. The third-order valence-electron chi connectivity index (χ3n) is 4.98. The normalized spacial score (nSPS) is 15.9. The number of pyridine rings is 1. The van der Waals surface area contributed by atoms with Gasteiger partial charge in [-0.25, -0.2) is 18.1 Å². The van der Waals surface area contributed by atoms with Gasteiger partial charge >= 0.3 is 0 Å². The molecule has 0 atom stereocenters. The summed E-state index contributed by atoms with van der Waals surface area (Å²) in [6.07, 6.45) is 1.75. The van der Waals surface area contributed by atoms with Gasteiger partial charge in [0, 0.05) is 38.9 Å². The van der Waals surface area contributed by atoms with Crippen molar-refractivity contribution in [1.29, 1.82) is 0 Å². The van der Waals surface area contributed by atoms with Crippen LogP contribution in [0.25, 0.3) is 0 Å². The molecule has 1 saturated heterocycles. The van der Waals surface area contributed by atoms with Gasteiger partial charge in [0.05, 0.1) is 4.90 Å². The van der Waals surface area contributed by atoms with Gasteiger partial charge in [-0.3, -0.25) is 0 Å². The molecule has 0 spiro atoms. The number of aromatic nitrogens is 1. The molecule has 3 rings (SSSR count). The Morgan fingerprint density at radius 1 is 1.04 bits per heavy atom. The lowest BCUT2D eigenvalue weighted by molar-refractivity contribution is 0.312. The highest BCUT2D eigenvalue weighted by molar-refractivity contribution is 7.89. The Labute approximate surface area is 162 Å². The van der Waals surface area contributed by atoms with Gasteiger partial charge < -0.3 is 9.80 Å². The van der Waals surface area contributed by atoms with Crippen LogP contribution in [0.5, 0.6) is 0 Å². The van der Waals surface area contributed by atoms with E-state index in [-0.39, 0.29) is 6.54 Å². The standard InChI is InChI=1S/C20H28N4O2S/c1-15-11-16(2)20(17(3)12-15)27(25,26)22-14-18-5-6-21-19(13-18)24-9-7-23(4)8-10-24/h5-6,11-13,22H,7-10,14H2,1-4H3. The zero-order valence-corrected chi connectivity index (χ0v) is 17.3. The summed E-state index contributed by atoms with van der Waals surface area (Å²) in [5.74, 6) is 0.905. The Balaban J connectivity index is 1.74. The lowest BCUT2D eigenvalue weighted by atomic mass is 10.1. The van der Waals surface area contributed by atoms with Gasteiger partial charge in [-0.2, -0.15) is 0 Å². The van der Waals surface area contributed by atoms with Gasteiger partial charge in [0.1, 0.15) is 5.82 Å². The second-order valence-electron chi connectivity index (χ2n) is 7.37. The van der Waals surface area contributed by atoms with Crippen molar-refractivity contribution in [3.8, 4) is 0 Å². The number of anilines is 1. The number of sulfonamides is 1.